The topological polar surface area (TPSA) is 56.7 Å². The molecule has 2 aromatic rings. The minimum atomic E-state index is 0.219. The molecule has 0 aliphatic rings. The first-order valence-corrected chi connectivity index (χ1v) is 8.76. The van der Waals surface area contributed by atoms with Crippen LogP contribution in [0.2, 0.25) is 0 Å². The minimum Gasteiger partial charge on any atom is -0.507 e. The molecule has 1 unspecified atom stereocenters. The third kappa shape index (κ3) is 4.73. The van der Waals surface area contributed by atoms with Crippen molar-refractivity contribution in [3.05, 3.63) is 51.2 Å². The molecule has 2 rings (SSSR count). The normalized spacial score (nSPS) is 13.0. The highest BCUT2D eigenvalue weighted by Gasteiger charge is 2.09. The van der Waals surface area contributed by atoms with E-state index in [2.05, 4.69) is 47.0 Å². The molecular formula is C18H25N3OS. The quantitative estimate of drug-likeness (QED) is 0.575. The number of nitrogens with one attached hydrogen (secondary N) is 2. The lowest BCUT2D eigenvalue weighted by Gasteiger charge is -2.17. The van der Waals surface area contributed by atoms with E-state index in [0.717, 1.165) is 29.2 Å². The van der Waals surface area contributed by atoms with Crippen LogP contribution in [0.4, 0.5) is 0 Å². The van der Waals surface area contributed by atoms with E-state index in [1.54, 1.807) is 11.3 Å². The largest absolute Gasteiger partial charge is 0.507 e. The number of aryl methyl sites for hydroxylation is 2. The standard InChI is InChI=1S/C18H25N3OS/c1-5-19-18(21-14(4)16-7-6-8-23-16)20-11-15-9-12(2)17(22)13(3)10-15/h6-10,14,22H,5,11H2,1-4H3,(H2,19,20,21). The number of guanidine groups is 1. The summed E-state index contributed by atoms with van der Waals surface area (Å²) in [6.07, 6.45) is 0. The van der Waals surface area contributed by atoms with Crippen LogP contribution in [0.1, 0.15) is 41.5 Å². The monoisotopic (exact) mass is 331 g/mol. The van der Waals surface area contributed by atoms with E-state index >= 15 is 0 Å². The van der Waals surface area contributed by atoms with Gasteiger partial charge in [-0.25, -0.2) is 4.99 Å². The van der Waals surface area contributed by atoms with Gasteiger partial charge in [-0.1, -0.05) is 18.2 Å². The lowest BCUT2D eigenvalue weighted by molar-refractivity contribution is 0.466. The predicted octanol–water partition coefficient (Wildman–Crippen LogP) is 3.89. The zero-order chi connectivity index (χ0) is 16.8. The summed E-state index contributed by atoms with van der Waals surface area (Å²) in [5.74, 6) is 1.17. The van der Waals surface area contributed by atoms with Crippen molar-refractivity contribution >= 4 is 17.3 Å². The maximum absolute atomic E-state index is 9.86. The van der Waals surface area contributed by atoms with Crippen molar-refractivity contribution in [3.8, 4) is 5.75 Å². The molecule has 4 nitrogen and oxygen atoms in total. The number of phenols is 1. The molecule has 0 spiro atoms. The minimum absolute atomic E-state index is 0.219. The Balaban J connectivity index is 2.09. The van der Waals surface area contributed by atoms with Gasteiger partial charge in [-0.15, -0.1) is 11.3 Å². The summed E-state index contributed by atoms with van der Waals surface area (Å²) in [6.45, 7) is 9.41. The van der Waals surface area contributed by atoms with Crippen LogP contribution in [0.5, 0.6) is 5.75 Å². The van der Waals surface area contributed by atoms with Crippen molar-refractivity contribution in [1.82, 2.24) is 10.6 Å². The summed E-state index contributed by atoms with van der Waals surface area (Å²) in [5, 5.41) is 18.7. The molecule has 0 aliphatic heterocycles. The molecule has 0 bridgehead atoms. The average molecular weight is 331 g/mol. The molecule has 1 heterocycles. The van der Waals surface area contributed by atoms with E-state index in [9.17, 15) is 5.11 Å². The Morgan fingerprint density at radius 1 is 1.30 bits per heavy atom. The predicted molar refractivity (Wildman–Crippen MR) is 98.3 cm³/mol. The summed E-state index contributed by atoms with van der Waals surface area (Å²) in [6, 6.07) is 8.37. The number of nitrogens with zero attached hydrogens (tertiary/aromatic N) is 1. The van der Waals surface area contributed by atoms with E-state index in [-0.39, 0.29) is 6.04 Å². The summed E-state index contributed by atoms with van der Waals surface area (Å²) < 4.78 is 0. The number of benzene rings is 1. The summed E-state index contributed by atoms with van der Waals surface area (Å²) in [5.41, 5.74) is 2.87. The Hall–Kier alpha value is -2.01. The Kier molecular flexibility index (Phi) is 6.04. The van der Waals surface area contributed by atoms with Crippen LogP contribution in [-0.2, 0) is 6.54 Å². The maximum Gasteiger partial charge on any atom is 0.192 e. The maximum atomic E-state index is 9.86. The number of aliphatic imine (C=N–C) groups is 1. The van der Waals surface area contributed by atoms with Gasteiger partial charge in [0.2, 0.25) is 0 Å². The highest BCUT2D eigenvalue weighted by atomic mass is 32.1. The van der Waals surface area contributed by atoms with Crippen molar-refractivity contribution in [3.63, 3.8) is 0 Å². The van der Waals surface area contributed by atoms with Crippen molar-refractivity contribution in [2.75, 3.05) is 6.54 Å². The van der Waals surface area contributed by atoms with Gasteiger partial charge in [0.1, 0.15) is 5.75 Å². The van der Waals surface area contributed by atoms with Gasteiger partial charge in [-0.2, -0.15) is 0 Å². The first-order valence-electron chi connectivity index (χ1n) is 7.88. The SMILES string of the molecule is CCNC(=NCc1cc(C)c(O)c(C)c1)NC(C)c1cccs1. The summed E-state index contributed by atoms with van der Waals surface area (Å²) in [4.78, 5) is 5.95. The number of hydrogen-bond donors (Lipinski definition) is 3. The molecule has 0 amide bonds. The Bertz CT molecular complexity index is 642. The van der Waals surface area contributed by atoms with Gasteiger partial charge in [0.15, 0.2) is 5.96 Å². The molecule has 0 aliphatic carbocycles. The number of aromatic hydroxyl groups is 1. The van der Waals surface area contributed by atoms with Crippen molar-refractivity contribution in [1.29, 1.82) is 0 Å². The first-order chi connectivity index (χ1) is 11.0. The molecule has 0 fully saturated rings. The number of phenolic OH excluding ortho intramolecular Hbond substituents is 1. The molecule has 0 saturated heterocycles. The van der Waals surface area contributed by atoms with Crippen LogP contribution in [0.25, 0.3) is 0 Å². The molecular weight excluding hydrogens is 306 g/mol. The highest BCUT2D eigenvalue weighted by molar-refractivity contribution is 7.10. The van der Waals surface area contributed by atoms with Crippen LogP contribution in [0, 0.1) is 13.8 Å². The highest BCUT2D eigenvalue weighted by Crippen LogP contribution is 2.23. The molecule has 1 atom stereocenters. The molecule has 124 valence electrons. The molecule has 23 heavy (non-hydrogen) atoms. The van der Waals surface area contributed by atoms with Gasteiger partial charge in [0.05, 0.1) is 12.6 Å². The Morgan fingerprint density at radius 3 is 2.57 bits per heavy atom. The molecule has 1 aromatic carbocycles. The fraction of sp³-hybridized carbons (Fsp3) is 0.389. The second kappa shape index (κ2) is 8.02. The first kappa shape index (κ1) is 17.3. The fourth-order valence-electron chi connectivity index (χ4n) is 2.44. The van der Waals surface area contributed by atoms with Gasteiger partial charge < -0.3 is 15.7 Å². The number of rotatable bonds is 5. The van der Waals surface area contributed by atoms with Gasteiger partial charge in [-0.05, 0) is 55.8 Å². The smallest absolute Gasteiger partial charge is 0.192 e. The van der Waals surface area contributed by atoms with Crippen LogP contribution in [0.15, 0.2) is 34.6 Å². The van der Waals surface area contributed by atoms with Crippen LogP contribution >= 0.6 is 11.3 Å². The van der Waals surface area contributed by atoms with E-state index in [1.165, 1.54) is 4.88 Å². The van der Waals surface area contributed by atoms with E-state index in [0.29, 0.717) is 12.3 Å². The van der Waals surface area contributed by atoms with Crippen molar-refractivity contribution < 1.29 is 5.11 Å². The van der Waals surface area contributed by atoms with Crippen LogP contribution in [0.3, 0.4) is 0 Å². The van der Waals surface area contributed by atoms with Gasteiger partial charge in [0.25, 0.3) is 0 Å². The van der Waals surface area contributed by atoms with E-state index in [1.807, 2.05) is 26.0 Å². The van der Waals surface area contributed by atoms with E-state index in [4.69, 9.17) is 0 Å². The van der Waals surface area contributed by atoms with Crippen LogP contribution < -0.4 is 10.6 Å². The zero-order valence-corrected chi connectivity index (χ0v) is 15.0. The Labute approximate surface area is 142 Å². The molecule has 0 saturated carbocycles. The average Bonchev–Trinajstić information content (AvgIpc) is 3.04. The van der Waals surface area contributed by atoms with Gasteiger partial charge in [0, 0.05) is 11.4 Å². The molecule has 0 radical (unpaired) electrons. The van der Waals surface area contributed by atoms with Crippen molar-refractivity contribution in [2.24, 2.45) is 4.99 Å². The Morgan fingerprint density at radius 2 is 2.00 bits per heavy atom. The second-order valence-corrected chi connectivity index (χ2v) is 6.63. The second-order valence-electron chi connectivity index (χ2n) is 5.65. The number of hydrogen-bond acceptors (Lipinski definition) is 3. The van der Waals surface area contributed by atoms with Gasteiger partial charge in [-0.3, -0.25) is 0 Å². The lowest BCUT2D eigenvalue weighted by Crippen LogP contribution is -2.38. The third-order valence-electron chi connectivity index (χ3n) is 3.64. The molecule has 5 heteroatoms. The van der Waals surface area contributed by atoms with Gasteiger partial charge >= 0.3 is 0 Å². The third-order valence-corrected chi connectivity index (χ3v) is 4.69. The van der Waals surface area contributed by atoms with Crippen molar-refractivity contribution in [2.45, 2.75) is 40.3 Å². The lowest BCUT2D eigenvalue weighted by atomic mass is 10.1. The van der Waals surface area contributed by atoms with E-state index < -0.39 is 0 Å². The summed E-state index contributed by atoms with van der Waals surface area (Å²) >= 11 is 1.74. The number of thiophene rings is 1. The van der Waals surface area contributed by atoms with Crippen LogP contribution in [-0.4, -0.2) is 17.6 Å². The summed E-state index contributed by atoms with van der Waals surface area (Å²) in [7, 11) is 0. The fourth-order valence-corrected chi connectivity index (χ4v) is 3.18. The zero-order valence-electron chi connectivity index (χ0n) is 14.2. The molecule has 1 aromatic heterocycles. The molecule has 3 N–H and O–H groups in total.